The summed E-state index contributed by atoms with van der Waals surface area (Å²) in [5, 5.41) is 0. The number of nitrogens with zero attached hydrogens (tertiary/aromatic N) is 3. The molecule has 0 aliphatic carbocycles. The largest absolute Gasteiger partial charge is 0.326 e. The highest BCUT2D eigenvalue weighted by Crippen LogP contribution is 2.25. The van der Waals surface area contributed by atoms with Gasteiger partial charge in [0.2, 0.25) is 0 Å². The van der Waals surface area contributed by atoms with Crippen molar-refractivity contribution in [1.82, 2.24) is 14.9 Å². The quantitative estimate of drug-likeness (QED) is 0.849. The van der Waals surface area contributed by atoms with E-state index in [2.05, 4.69) is 46.9 Å². The van der Waals surface area contributed by atoms with Crippen LogP contribution in [-0.2, 0) is 6.54 Å². The van der Waals surface area contributed by atoms with Crippen molar-refractivity contribution >= 4 is 0 Å². The molecule has 2 rings (SSSR count). The first-order chi connectivity index (χ1) is 10.3. The average Bonchev–Trinajstić information content (AvgIpc) is 2.56. The SMILES string of the molecule is CCC(N)C(c1ccncc1)N(CC)Cc1ccccn1. The van der Waals surface area contributed by atoms with E-state index in [0.29, 0.717) is 0 Å². The smallest absolute Gasteiger partial charge is 0.0544 e. The summed E-state index contributed by atoms with van der Waals surface area (Å²) in [6.07, 6.45) is 6.44. The molecule has 0 aromatic carbocycles. The fraction of sp³-hybridized carbons (Fsp3) is 0.412. The molecule has 2 aromatic heterocycles. The number of likely N-dealkylation sites (N-methyl/N-ethyl adjacent to an activating group) is 1. The number of hydrogen-bond acceptors (Lipinski definition) is 4. The lowest BCUT2D eigenvalue weighted by Gasteiger charge is -2.34. The molecular weight excluding hydrogens is 260 g/mol. The maximum Gasteiger partial charge on any atom is 0.0544 e. The molecule has 2 unspecified atom stereocenters. The molecule has 4 nitrogen and oxygen atoms in total. The lowest BCUT2D eigenvalue weighted by Crippen LogP contribution is -2.40. The summed E-state index contributed by atoms with van der Waals surface area (Å²) in [6, 6.07) is 10.4. The molecule has 0 amide bonds. The van der Waals surface area contributed by atoms with Gasteiger partial charge in [-0.05, 0) is 42.8 Å². The molecule has 0 spiro atoms. The molecule has 0 fully saturated rings. The molecule has 0 aliphatic heterocycles. The van der Waals surface area contributed by atoms with Crippen LogP contribution >= 0.6 is 0 Å². The van der Waals surface area contributed by atoms with E-state index >= 15 is 0 Å². The predicted molar refractivity (Wildman–Crippen MR) is 85.6 cm³/mol. The molecule has 2 aromatic rings. The summed E-state index contributed by atoms with van der Waals surface area (Å²) in [4.78, 5) is 10.9. The number of aromatic nitrogens is 2. The number of nitrogens with two attached hydrogens (primary N) is 1. The molecule has 0 aliphatic rings. The molecule has 0 radical (unpaired) electrons. The Morgan fingerprint density at radius 3 is 2.43 bits per heavy atom. The summed E-state index contributed by atoms with van der Waals surface area (Å²) in [5.74, 6) is 0. The van der Waals surface area contributed by atoms with Gasteiger partial charge < -0.3 is 5.73 Å². The van der Waals surface area contributed by atoms with Crippen molar-refractivity contribution in [3.63, 3.8) is 0 Å². The summed E-state index contributed by atoms with van der Waals surface area (Å²) < 4.78 is 0. The summed E-state index contributed by atoms with van der Waals surface area (Å²) in [7, 11) is 0. The van der Waals surface area contributed by atoms with Crippen LogP contribution in [0.15, 0.2) is 48.9 Å². The molecule has 2 atom stereocenters. The molecule has 0 saturated carbocycles. The van der Waals surface area contributed by atoms with E-state index in [1.807, 2.05) is 30.7 Å². The van der Waals surface area contributed by atoms with Crippen LogP contribution in [0.25, 0.3) is 0 Å². The third-order valence-electron chi connectivity index (χ3n) is 3.82. The van der Waals surface area contributed by atoms with Gasteiger partial charge in [0.1, 0.15) is 0 Å². The Balaban J connectivity index is 2.25. The van der Waals surface area contributed by atoms with Crippen LogP contribution in [-0.4, -0.2) is 27.5 Å². The summed E-state index contributed by atoms with van der Waals surface area (Å²) in [5.41, 5.74) is 8.69. The van der Waals surface area contributed by atoms with Crippen molar-refractivity contribution in [3.05, 3.63) is 60.2 Å². The van der Waals surface area contributed by atoms with Crippen molar-refractivity contribution in [3.8, 4) is 0 Å². The zero-order valence-corrected chi connectivity index (χ0v) is 12.8. The van der Waals surface area contributed by atoms with E-state index in [9.17, 15) is 0 Å². The van der Waals surface area contributed by atoms with Gasteiger partial charge in [-0.25, -0.2) is 0 Å². The van der Waals surface area contributed by atoms with Gasteiger partial charge in [0.15, 0.2) is 0 Å². The van der Waals surface area contributed by atoms with E-state index in [4.69, 9.17) is 5.73 Å². The number of rotatable bonds is 7. The second-order valence-corrected chi connectivity index (χ2v) is 5.18. The van der Waals surface area contributed by atoms with E-state index in [1.165, 1.54) is 5.56 Å². The third kappa shape index (κ3) is 4.09. The Morgan fingerprint density at radius 1 is 1.10 bits per heavy atom. The first kappa shape index (κ1) is 15.6. The van der Waals surface area contributed by atoms with Crippen LogP contribution in [0.1, 0.15) is 37.6 Å². The van der Waals surface area contributed by atoms with Gasteiger partial charge >= 0.3 is 0 Å². The maximum atomic E-state index is 6.40. The average molecular weight is 284 g/mol. The molecular formula is C17H24N4. The second-order valence-electron chi connectivity index (χ2n) is 5.18. The normalized spacial score (nSPS) is 14.1. The van der Waals surface area contributed by atoms with E-state index in [1.54, 1.807) is 0 Å². The highest BCUT2D eigenvalue weighted by Gasteiger charge is 2.25. The van der Waals surface area contributed by atoms with E-state index in [0.717, 1.165) is 25.2 Å². The Kier molecular flexibility index (Phi) is 5.84. The lowest BCUT2D eigenvalue weighted by atomic mass is 9.97. The van der Waals surface area contributed by atoms with Crippen LogP contribution in [0.4, 0.5) is 0 Å². The summed E-state index contributed by atoms with van der Waals surface area (Å²) >= 11 is 0. The standard InChI is InChI=1S/C17H24N4/c1-3-16(18)17(14-8-11-19-12-9-14)21(4-2)13-15-7-5-6-10-20-15/h5-12,16-17H,3-4,13,18H2,1-2H3. The van der Waals surface area contributed by atoms with Gasteiger partial charge in [-0.15, -0.1) is 0 Å². The van der Waals surface area contributed by atoms with Crippen molar-refractivity contribution < 1.29 is 0 Å². The van der Waals surface area contributed by atoms with Gasteiger partial charge in [-0.3, -0.25) is 14.9 Å². The van der Waals surface area contributed by atoms with Crippen LogP contribution < -0.4 is 5.73 Å². The highest BCUT2D eigenvalue weighted by atomic mass is 15.2. The maximum absolute atomic E-state index is 6.40. The fourth-order valence-electron chi connectivity index (χ4n) is 2.62. The fourth-order valence-corrected chi connectivity index (χ4v) is 2.62. The molecule has 2 heterocycles. The Hall–Kier alpha value is -1.78. The van der Waals surface area contributed by atoms with Gasteiger partial charge in [0.25, 0.3) is 0 Å². The molecule has 0 bridgehead atoms. The number of hydrogen-bond donors (Lipinski definition) is 1. The van der Waals surface area contributed by atoms with Crippen LogP contribution in [0, 0.1) is 0 Å². The molecule has 21 heavy (non-hydrogen) atoms. The first-order valence-corrected chi connectivity index (χ1v) is 7.55. The van der Waals surface area contributed by atoms with Gasteiger partial charge in [0.05, 0.1) is 11.7 Å². The summed E-state index contributed by atoms with van der Waals surface area (Å²) in [6.45, 7) is 6.03. The highest BCUT2D eigenvalue weighted by molar-refractivity contribution is 5.18. The third-order valence-corrected chi connectivity index (χ3v) is 3.82. The second kappa shape index (κ2) is 7.86. The van der Waals surface area contributed by atoms with Crippen molar-refractivity contribution in [2.45, 2.75) is 38.9 Å². The van der Waals surface area contributed by atoms with Gasteiger partial charge in [0, 0.05) is 31.2 Å². The van der Waals surface area contributed by atoms with E-state index < -0.39 is 0 Å². The Bertz CT molecular complexity index is 515. The lowest BCUT2D eigenvalue weighted by molar-refractivity contribution is 0.167. The molecule has 2 N–H and O–H groups in total. The van der Waals surface area contributed by atoms with Crippen LogP contribution in [0.5, 0.6) is 0 Å². The minimum Gasteiger partial charge on any atom is -0.326 e. The topological polar surface area (TPSA) is 55.0 Å². The molecule has 4 heteroatoms. The van der Waals surface area contributed by atoms with Crippen molar-refractivity contribution in [2.24, 2.45) is 5.73 Å². The first-order valence-electron chi connectivity index (χ1n) is 7.55. The van der Waals surface area contributed by atoms with Gasteiger partial charge in [-0.2, -0.15) is 0 Å². The van der Waals surface area contributed by atoms with Crippen molar-refractivity contribution in [1.29, 1.82) is 0 Å². The molecule has 112 valence electrons. The van der Waals surface area contributed by atoms with Gasteiger partial charge in [-0.1, -0.05) is 19.9 Å². The number of pyridine rings is 2. The minimum absolute atomic E-state index is 0.0936. The zero-order chi connectivity index (χ0) is 15.1. The van der Waals surface area contributed by atoms with Crippen molar-refractivity contribution in [2.75, 3.05) is 6.54 Å². The zero-order valence-electron chi connectivity index (χ0n) is 12.8. The minimum atomic E-state index is 0.0936. The predicted octanol–water partition coefficient (Wildman–Crippen LogP) is 2.78. The van der Waals surface area contributed by atoms with E-state index in [-0.39, 0.29) is 12.1 Å². The Labute approximate surface area is 127 Å². The van der Waals surface area contributed by atoms with Crippen LogP contribution in [0.3, 0.4) is 0 Å². The van der Waals surface area contributed by atoms with Crippen LogP contribution in [0.2, 0.25) is 0 Å². The monoisotopic (exact) mass is 284 g/mol. The Morgan fingerprint density at radius 2 is 1.86 bits per heavy atom. The molecule has 0 saturated heterocycles.